The molecule has 2 fully saturated rings. The van der Waals surface area contributed by atoms with Gasteiger partial charge < -0.3 is 0 Å². The van der Waals surface area contributed by atoms with Crippen molar-refractivity contribution in [3.63, 3.8) is 0 Å². The normalized spacial score (nSPS) is 45.6. The van der Waals surface area contributed by atoms with Crippen LogP contribution in [-0.4, -0.2) is 54.8 Å². The van der Waals surface area contributed by atoms with Crippen molar-refractivity contribution in [3.8, 4) is 0 Å². The second-order valence-electron chi connectivity index (χ2n) is 7.56. The lowest BCUT2D eigenvalue weighted by Gasteiger charge is -2.71. The molecule has 0 amide bonds. The van der Waals surface area contributed by atoms with Crippen molar-refractivity contribution >= 4 is 0 Å². The van der Waals surface area contributed by atoms with Gasteiger partial charge in [0.1, 0.15) is 12.1 Å². The van der Waals surface area contributed by atoms with Crippen LogP contribution in [0, 0.1) is 16.2 Å². The van der Waals surface area contributed by atoms with Gasteiger partial charge in [-0.3, -0.25) is 4.39 Å². The van der Waals surface area contributed by atoms with Crippen LogP contribution in [0.5, 0.6) is 0 Å². The Hall–Kier alpha value is -1.12. The van der Waals surface area contributed by atoms with Crippen molar-refractivity contribution in [2.24, 2.45) is 16.2 Å². The van der Waals surface area contributed by atoms with Gasteiger partial charge in [0.2, 0.25) is 16.5 Å². The van der Waals surface area contributed by atoms with Gasteiger partial charge in [0.05, 0.1) is 0 Å². The molecule has 2 bridgehead atoms. The van der Waals surface area contributed by atoms with Gasteiger partial charge in [0.25, 0.3) is 30.6 Å². The maximum absolute atomic E-state index is 14.8. The zero-order valence-electron chi connectivity index (χ0n) is 14.4. The number of hydrogen-bond acceptors (Lipinski definition) is 0. The van der Waals surface area contributed by atoms with E-state index in [0.29, 0.717) is 0 Å². The fourth-order valence-electron chi connectivity index (χ4n) is 4.49. The summed E-state index contributed by atoms with van der Waals surface area (Å²) in [6.07, 6.45) is -12.1. The van der Waals surface area contributed by atoms with Crippen molar-refractivity contribution in [2.45, 2.75) is 62.0 Å². The molecule has 2 saturated carbocycles. The SMILES string of the molecule is CC1(F)C(F)(F)C2(C(F)F)C(F)(F)C(C)(CF)C(F)(F)C(C(F)F)(C1(F)F)C2(F)F. The highest BCUT2D eigenvalue weighted by atomic mass is 19.3. The molecule has 0 N–H and O–H groups in total. The van der Waals surface area contributed by atoms with Gasteiger partial charge in [-0.1, -0.05) is 0 Å². The highest BCUT2D eigenvalue weighted by Gasteiger charge is 3.12. The summed E-state index contributed by atoms with van der Waals surface area (Å²) in [5.41, 5.74) is -26.6. The maximum atomic E-state index is 14.8. The van der Waals surface area contributed by atoms with Crippen molar-refractivity contribution in [1.82, 2.24) is 0 Å². The second kappa shape index (κ2) is 5.62. The molecule has 16 heteroatoms. The van der Waals surface area contributed by atoms with Gasteiger partial charge >= 0.3 is 11.8 Å². The van der Waals surface area contributed by atoms with E-state index in [0.717, 1.165) is 0 Å². The first kappa shape index (κ1) is 25.1. The Labute approximate surface area is 156 Å². The van der Waals surface area contributed by atoms with E-state index in [1.54, 1.807) is 0 Å². The molecule has 30 heavy (non-hydrogen) atoms. The third-order valence-corrected chi connectivity index (χ3v) is 6.46. The second-order valence-corrected chi connectivity index (χ2v) is 7.56. The lowest BCUT2D eigenvalue weighted by Crippen LogP contribution is -2.97. The average Bonchev–Trinajstić information content (AvgIpc) is 2.49. The van der Waals surface area contributed by atoms with Crippen LogP contribution in [0.25, 0.3) is 0 Å². The third-order valence-electron chi connectivity index (χ3n) is 6.46. The number of alkyl halides is 16. The largest absolute Gasteiger partial charge is 0.309 e. The van der Waals surface area contributed by atoms with Gasteiger partial charge in [-0.25, -0.2) is 65.9 Å². The van der Waals surface area contributed by atoms with E-state index in [1.807, 2.05) is 0 Å². The van der Waals surface area contributed by atoms with Crippen LogP contribution in [0.15, 0.2) is 0 Å². The molecule has 2 aliphatic rings. The fraction of sp³-hybridized carbons (Fsp3) is 1.00. The fourth-order valence-corrected chi connectivity index (χ4v) is 4.49. The summed E-state index contributed by atoms with van der Waals surface area (Å²) < 4.78 is 229. The van der Waals surface area contributed by atoms with Crippen molar-refractivity contribution in [3.05, 3.63) is 0 Å². The highest BCUT2D eigenvalue weighted by molar-refractivity contribution is 5.41. The molecule has 2 rings (SSSR count). The van der Waals surface area contributed by atoms with Crippen molar-refractivity contribution < 1.29 is 70.2 Å². The minimum atomic E-state index is -7.73. The van der Waals surface area contributed by atoms with Crippen LogP contribution < -0.4 is 0 Å². The first-order chi connectivity index (χ1) is 12.9. The zero-order valence-corrected chi connectivity index (χ0v) is 14.4. The van der Waals surface area contributed by atoms with E-state index >= 15 is 0 Å². The lowest BCUT2D eigenvalue weighted by atomic mass is 9.38. The van der Waals surface area contributed by atoms with Crippen LogP contribution >= 0.6 is 0 Å². The molecule has 2 unspecified atom stereocenters. The predicted octanol–water partition coefficient (Wildman–Crippen LogP) is 6.40. The van der Waals surface area contributed by atoms with Crippen molar-refractivity contribution in [2.75, 3.05) is 6.67 Å². The first-order valence-corrected chi connectivity index (χ1v) is 7.65. The van der Waals surface area contributed by atoms with E-state index in [-0.39, 0.29) is 0 Å². The van der Waals surface area contributed by atoms with E-state index in [2.05, 4.69) is 0 Å². The van der Waals surface area contributed by atoms with E-state index < -0.39 is 84.9 Å². The number of fused-ring (bicyclic) bond motifs is 2. The van der Waals surface area contributed by atoms with Crippen molar-refractivity contribution in [1.29, 1.82) is 0 Å². The van der Waals surface area contributed by atoms with Crippen LogP contribution in [-0.2, 0) is 0 Å². The first-order valence-electron chi connectivity index (χ1n) is 7.65. The molecule has 0 aromatic rings. The quantitative estimate of drug-likeness (QED) is 0.409. The number of halogens is 16. The summed E-state index contributed by atoms with van der Waals surface area (Å²) in [5.74, 6) is -36.6. The van der Waals surface area contributed by atoms with Crippen LogP contribution in [0.2, 0.25) is 0 Å². The molecular weight excluding hydrogens is 472 g/mol. The Morgan fingerprint density at radius 2 is 0.767 bits per heavy atom. The Balaban J connectivity index is 3.41. The van der Waals surface area contributed by atoms with Gasteiger partial charge in [0, 0.05) is 0 Å². The van der Waals surface area contributed by atoms with Crippen LogP contribution in [0.1, 0.15) is 13.8 Å². The molecule has 2 aliphatic carbocycles. The monoisotopic (exact) mass is 482 g/mol. The molecule has 0 radical (unpaired) electrons. The lowest BCUT2D eigenvalue weighted by molar-refractivity contribution is -0.569. The summed E-state index contributed by atoms with van der Waals surface area (Å²) in [5, 5.41) is 0. The minimum Gasteiger partial charge on any atom is -0.250 e. The Morgan fingerprint density at radius 3 is 0.967 bits per heavy atom. The Bertz CT molecular complexity index is 671. The van der Waals surface area contributed by atoms with Gasteiger partial charge in [0.15, 0.2) is 0 Å². The van der Waals surface area contributed by atoms with Crippen LogP contribution in [0.3, 0.4) is 0 Å². The number of hydrogen-bond donors (Lipinski definition) is 0. The average molecular weight is 482 g/mol. The summed E-state index contributed by atoms with van der Waals surface area (Å²) in [6.45, 7) is -5.86. The van der Waals surface area contributed by atoms with E-state index in [9.17, 15) is 70.2 Å². The van der Waals surface area contributed by atoms with Gasteiger partial charge in [-0.15, -0.1) is 0 Å². The molecule has 178 valence electrons. The smallest absolute Gasteiger partial charge is 0.250 e. The summed E-state index contributed by atoms with van der Waals surface area (Å²) in [6, 6.07) is 0. The molecule has 0 aromatic carbocycles. The zero-order chi connectivity index (χ0) is 24.4. The molecule has 0 spiro atoms. The van der Waals surface area contributed by atoms with Crippen LogP contribution in [0.4, 0.5) is 70.2 Å². The maximum Gasteiger partial charge on any atom is 0.309 e. The molecular formula is C14H10F16. The van der Waals surface area contributed by atoms with E-state index in [1.165, 1.54) is 0 Å². The number of rotatable bonds is 3. The molecule has 2 atom stereocenters. The molecule has 0 heterocycles. The molecule has 0 nitrogen and oxygen atoms in total. The topological polar surface area (TPSA) is 0 Å². The third kappa shape index (κ3) is 1.67. The molecule has 0 aromatic heterocycles. The summed E-state index contributed by atoms with van der Waals surface area (Å²) in [7, 11) is 0. The van der Waals surface area contributed by atoms with E-state index in [4.69, 9.17) is 0 Å². The Kier molecular flexibility index (Phi) is 4.71. The molecule has 0 saturated heterocycles. The minimum absolute atomic E-state index is 0.996. The highest BCUT2D eigenvalue weighted by Crippen LogP contribution is 2.87. The molecule has 0 aliphatic heterocycles. The summed E-state index contributed by atoms with van der Waals surface area (Å²) >= 11 is 0. The van der Waals surface area contributed by atoms with Gasteiger partial charge in [-0.05, 0) is 13.8 Å². The summed E-state index contributed by atoms with van der Waals surface area (Å²) in [4.78, 5) is 0. The Morgan fingerprint density at radius 1 is 0.500 bits per heavy atom. The van der Waals surface area contributed by atoms with Gasteiger partial charge in [-0.2, -0.15) is 0 Å². The predicted molar refractivity (Wildman–Crippen MR) is 65.2 cm³/mol. The standard InChI is InChI=1S/C14H10F16/c1-6(3-15)10(21,22)8(4(16)17)12(25,26)7(2,20)13(27,28)9(5(18)19,11(6,23)24)14(8,29)30/h4-5H,3H2,1-2H3.